The molecule has 0 aliphatic carbocycles. The number of carbonyl (C=O) groups is 1. The fourth-order valence-electron chi connectivity index (χ4n) is 3.70. The molecule has 2 unspecified atom stereocenters. The van der Waals surface area contributed by atoms with Crippen molar-refractivity contribution in [1.82, 2.24) is 19.5 Å². The Bertz CT molecular complexity index is 764. The van der Waals surface area contributed by atoms with Crippen molar-refractivity contribution in [2.75, 3.05) is 11.9 Å². The van der Waals surface area contributed by atoms with E-state index in [1.165, 1.54) is 0 Å². The van der Waals surface area contributed by atoms with E-state index in [9.17, 15) is 9.90 Å². The Hall–Kier alpha value is -2.31. The zero-order valence-corrected chi connectivity index (χ0v) is 15.4. The second-order valence-corrected chi connectivity index (χ2v) is 7.78. The van der Waals surface area contributed by atoms with Crippen molar-refractivity contribution >= 4 is 17.6 Å². The molecule has 25 heavy (non-hydrogen) atoms. The van der Waals surface area contributed by atoms with E-state index in [4.69, 9.17) is 0 Å². The van der Waals surface area contributed by atoms with Gasteiger partial charge in [0.05, 0.1) is 17.9 Å². The van der Waals surface area contributed by atoms with Crippen molar-refractivity contribution in [3.8, 4) is 0 Å². The van der Waals surface area contributed by atoms with Gasteiger partial charge in [-0.1, -0.05) is 27.7 Å². The summed E-state index contributed by atoms with van der Waals surface area (Å²) < 4.78 is 1.84. The van der Waals surface area contributed by atoms with Gasteiger partial charge in [-0.2, -0.15) is 0 Å². The first-order valence-corrected chi connectivity index (χ1v) is 8.90. The zero-order valence-electron chi connectivity index (χ0n) is 15.4. The average molecular weight is 345 g/mol. The lowest BCUT2D eigenvalue weighted by Crippen LogP contribution is -2.48. The van der Waals surface area contributed by atoms with Gasteiger partial charge in [0.25, 0.3) is 0 Å². The smallest absolute Gasteiger partial charge is 0.407 e. The fraction of sp³-hybridized carbons (Fsp3) is 0.611. The minimum absolute atomic E-state index is 0.0346. The van der Waals surface area contributed by atoms with Crippen LogP contribution in [0.15, 0.2) is 18.3 Å². The number of hydrogen-bond donors (Lipinski definition) is 2. The quantitative estimate of drug-likeness (QED) is 0.889. The Morgan fingerprint density at radius 3 is 2.76 bits per heavy atom. The Balaban J connectivity index is 1.73. The van der Waals surface area contributed by atoms with Gasteiger partial charge in [-0.05, 0) is 36.8 Å². The lowest BCUT2D eigenvalue weighted by atomic mass is 9.85. The lowest BCUT2D eigenvalue weighted by molar-refractivity contribution is 0.0893. The maximum Gasteiger partial charge on any atom is 0.407 e. The molecule has 2 N–H and O–H groups in total. The molecular weight excluding hydrogens is 318 g/mol. The van der Waals surface area contributed by atoms with Gasteiger partial charge in [0, 0.05) is 12.6 Å². The highest BCUT2D eigenvalue weighted by molar-refractivity contribution is 5.66. The van der Waals surface area contributed by atoms with Crippen LogP contribution < -0.4 is 5.32 Å². The van der Waals surface area contributed by atoms with Crippen molar-refractivity contribution < 1.29 is 9.90 Å². The van der Waals surface area contributed by atoms with Crippen LogP contribution in [0.2, 0.25) is 0 Å². The Morgan fingerprint density at radius 1 is 1.36 bits per heavy atom. The zero-order chi connectivity index (χ0) is 18.2. The normalized spacial score (nSPS) is 21.0. The molecule has 0 aromatic carbocycles. The van der Waals surface area contributed by atoms with E-state index in [1.807, 2.05) is 22.8 Å². The Labute approximate surface area is 148 Å². The summed E-state index contributed by atoms with van der Waals surface area (Å²) in [5, 5.41) is 17.6. The van der Waals surface area contributed by atoms with Crippen LogP contribution >= 0.6 is 0 Å². The standard InChI is InChI=1S/C18H27N5O2/c1-5-12-10-20-16-9-8-15(21-23(12)16)19-11-13-6-7-14(18(2,3)4)22(13)17(24)25/h8-10,13-14H,5-7,11H2,1-4H3,(H,19,21)(H,24,25). The molecule has 1 saturated heterocycles. The molecular formula is C18H27N5O2. The third-order valence-electron chi connectivity index (χ3n) is 5.04. The van der Waals surface area contributed by atoms with Gasteiger partial charge in [0.2, 0.25) is 0 Å². The van der Waals surface area contributed by atoms with E-state index in [1.54, 1.807) is 4.90 Å². The van der Waals surface area contributed by atoms with Crippen LogP contribution in [0, 0.1) is 5.41 Å². The summed E-state index contributed by atoms with van der Waals surface area (Å²) in [6.07, 6.45) is 3.63. The van der Waals surface area contributed by atoms with E-state index >= 15 is 0 Å². The number of aryl methyl sites for hydroxylation is 1. The summed E-state index contributed by atoms with van der Waals surface area (Å²) in [5.41, 5.74) is 1.82. The highest BCUT2D eigenvalue weighted by atomic mass is 16.4. The molecule has 7 heteroatoms. The number of nitrogens with zero attached hydrogens (tertiary/aromatic N) is 4. The van der Waals surface area contributed by atoms with E-state index in [-0.39, 0.29) is 17.5 Å². The third kappa shape index (κ3) is 3.41. The van der Waals surface area contributed by atoms with Gasteiger partial charge >= 0.3 is 6.09 Å². The van der Waals surface area contributed by atoms with E-state index in [0.29, 0.717) is 6.54 Å². The maximum absolute atomic E-state index is 11.8. The molecule has 0 radical (unpaired) electrons. The molecule has 1 aliphatic heterocycles. The van der Waals surface area contributed by atoms with Crippen molar-refractivity contribution in [3.05, 3.63) is 24.0 Å². The van der Waals surface area contributed by atoms with Crippen LogP contribution in [0.4, 0.5) is 10.6 Å². The fourth-order valence-corrected chi connectivity index (χ4v) is 3.70. The Kier molecular flexibility index (Phi) is 4.58. The molecule has 3 heterocycles. The van der Waals surface area contributed by atoms with E-state index in [0.717, 1.165) is 36.4 Å². The van der Waals surface area contributed by atoms with Gasteiger partial charge in [-0.25, -0.2) is 14.3 Å². The van der Waals surface area contributed by atoms with Gasteiger partial charge in [0.1, 0.15) is 5.82 Å². The predicted molar refractivity (Wildman–Crippen MR) is 97.0 cm³/mol. The molecule has 0 bridgehead atoms. The number of likely N-dealkylation sites (tertiary alicyclic amines) is 1. The molecule has 0 spiro atoms. The molecule has 136 valence electrons. The topological polar surface area (TPSA) is 82.8 Å². The molecule has 2 aromatic rings. The molecule has 1 fully saturated rings. The van der Waals surface area contributed by atoms with Gasteiger partial charge in [0.15, 0.2) is 5.65 Å². The SMILES string of the molecule is CCc1cnc2ccc(NCC3CCC(C(C)(C)C)N3C(=O)O)nn12. The van der Waals surface area contributed by atoms with Gasteiger partial charge in [-0.3, -0.25) is 0 Å². The Morgan fingerprint density at radius 2 is 2.12 bits per heavy atom. The van der Waals surface area contributed by atoms with Crippen LogP contribution in [0.1, 0.15) is 46.2 Å². The number of anilines is 1. The van der Waals surface area contributed by atoms with Crippen molar-refractivity contribution in [2.45, 2.75) is 59.0 Å². The number of aromatic nitrogens is 3. The number of nitrogens with one attached hydrogen (secondary N) is 1. The number of imidazole rings is 1. The maximum atomic E-state index is 11.8. The van der Waals surface area contributed by atoms with Crippen LogP contribution in [0.3, 0.4) is 0 Å². The largest absolute Gasteiger partial charge is 0.465 e. The summed E-state index contributed by atoms with van der Waals surface area (Å²) in [6, 6.07) is 3.83. The summed E-state index contributed by atoms with van der Waals surface area (Å²) in [7, 11) is 0. The molecule has 0 saturated carbocycles. The van der Waals surface area contributed by atoms with E-state index in [2.05, 4.69) is 43.1 Å². The first kappa shape index (κ1) is 17.5. The van der Waals surface area contributed by atoms with Crippen LogP contribution in [-0.2, 0) is 6.42 Å². The molecule has 2 aromatic heterocycles. The molecule has 3 rings (SSSR count). The van der Waals surface area contributed by atoms with Crippen LogP contribution in [0.25, 0.3) is 5.65 Å². The predicted octanol–water partition coefficient (Wildman–Crippen LogP) is 3.26. The summed E-state index contributed by atoms with van der Waals surface area (Å²) in [5.74, 6) is 0.741. The second kappa shape index (κ2) is 6.54. The highest BCUT2D eigenvalue weighted by Gasteiger charge is 2.42. The molecule has 1 amide bonds. The van der Waals surface area contributed by atoms with Crippen molar-refractivity contribution in [2.24, 2.45) is 5.41 Å². The monoisotopic (exact) mass is 345 g/mol. The molecule has 2 atom stereocenters. The first-order valence-electron chi connectivity index (χ1n) is 8.90. The highest BCUT2D eigenvalue weighted by Crippen LogP contribution is 2.36. The third-order valence-corrected chi connectivity index (χ3v) is 5.04. The average Bonchev–Trinajstić information content (AvgIpc) is 3.15. The minimum atomic E-state index is -0.837. The van der Waals surface area contributed by atoms with Gasteiger partial charge in [-0.15, -0.1) is 5.10 Å². The lowest BCUT2D eigenvalue weighted by Gasteiger charge is -2.36. The number of amides is 1. The van der Waals surface area contributed by atoms with Crippen molar-refractivity contribution in [1.29, 1.82) is 0 Å². The molecule has 1 aliphatic rings. The molecule has 7 nitrogen and oxygen atoms in total. The number of fused-ring (bicyclic) bond motifs is 1. The van der Waals surface area contributed by atoms with Crippen LogP contribution in [0.5, 0.6) is 0 Å². The minimum Gasteiger partial charge on any atom is -0.465 e. The number of carboxylic acid groups (broad SMARTS) is 1. The van der Waals surface area contributed by atoms with E-state index < -0.39 is 6.09 Å². The number of rotatable bonds is 4. The van der Waals surface area contributed by atoms with Crippen molar-refractivity contribution in [3.63, 3.8) is 0 Å². The summed E-state index contributed by atoms with van der Waals surface area (Å²) in [4.78, 5) is 17.7. The van der Waals surface area contributed by atoms with Gasteiger partial charge < -0.3 is 15.3 Å². The van der Waals surface area contributed by atoms with Crippen LogP contribution in [-0.4, -0.2) is 49.3 Å². The summed E-state index contributed by atoms with van der Waals surface area (Å²) >= 11 is 0. The first-order chi connectivity index (χ1) is 11.8. The second-order valence-electron chi connectivity index (χ2n) is 7.78. The summed E-state index contributed by atoms with van der Waals surface area (Å²) in [6.45, 7) is 8.94. The number of hydrogen-bond acceptors (Lipinski definition) is 4.